The molecule has 1 unspecified atom stereocenters. The van der Waals surface area contributed by atoms with Crippen LogP contribution in [0, 0.1) is 0 Å². The first-order valence-corrected chi connectivity index (χ1v) is 13.4. The molecule has 190 valence electrons. The van der Waals surface area contributed by atoms with Crippen LogP contribution in [0.3, 0.4) is 0 Å². The Kier molecular flexibility index (Phi) is 10.6. The second-order valence-electron chi connectivity index (χ2n) is 8.99. The van der Waals surface area contributed by atoms with Crippen molar-refractivity contribution in [3.8, 4) is 5.75 Å². The van der Waals surface area contributed by atoms with Crippen molar-refractivity contribution in [1.82, 2.24) is 0 Å². The molecule has 0 saturated carbocycles. The molecule has 2 aromatic rings. The van der Waals surface area contributed by atoms with E-state index in [1.807, 2.05) is 75.4 Å². The van der Waals surface area contributed by atoms with E-state index in [9.17, 15) is 4.79 Å². The highest BCUT2D eigenvalue weighted by Crippen LogP contribution is 2.33. The lowest BCUT2D eigenvalue weighted by Crippen LogP contribution is -2.38. The van der Waals surface area contributed by atoms with E-state index in [0.29, 0.717) is 18.6 Å². The Morgan fingerprint density at radius 1 is 1.11 bits per heavy atom. The van der Waals surface area contributed by atoms with Gasteiger partial charge in [-0.25, -0.2) is 4.79 Å². The summed E-state index contributed by atoms with van der Waals surface area (Å²) < 4.78 is 30.4. The molecule has 1 aliphatic rings. The van der Waals surface area contributed by atoms with Crippen LogP contribution in [0.25, 0.3) is 0 Å². The first-order valence-electron chi connectivity index (χ1n) is 11.9. The van der Waals surface area contributed by atoms with Crippen molar-refractivity contribution in [3.63, 3.8) is 0 Å². The molecular weight excluding hydrogens is 559 g/mol. The van der Waals surface area contributed by atoms with Crippen molar-refractivity contribution < 1.29 is 28.5 Å². The Hall–Kier alpha value is -1.94. The minimum Gasteiger partial charge on any atom is -0.497 e. The largest absolute Gasteiger partial charge is 0.497 e. The number of esters is 1. The van der Waals surface area contributed by atoms with Gasteiger partial charge in [-0.2, -0.15) is 0 Å². The normalized spacial score (nSPS) is 21.1. The second-order valence-corrected chi connectivity index (χ2v) is 10.1. The highest BCUT2D eigenvalue weighted by Gasteiger charge is 2.45. The average molecular weight is 594 g/mol. The molecule has 0 aromatic heterocycles. The molecule has 7 heteroatoms. The third-order valence-corrected chi connectivity index (χ3v) is 6.30. The summed E-state index contributed by atoms with van der Waals surface area (Å²) in [4.78, 5) is 12.9. The highest BCUT2D eigenvalue weighted by atomic mass is 127. The van der Waals surface area contributed by atoms with Crippen LogP contribution in [0.15, 0.2) is 66.7 Å². The Balaban J connectivity index is 1.65. The van der Waals surface area contributed by atoms with Crippen LogP contribution in [0.5, 0.6) is 5.75 Å². The van der Waals surface area contributed by atoms with Crippen LogP contribution >= 0.6 is 22.6 Å². The molecule has 35 heavy (non-hydrogen) atoms. The van der Waals surface area contributed by atoms with Gasteiger partial charge < -0.3 is 23.7 Å². The van der Waals surface area contributed by atoms with Crippen LogP contribution in [0.4, 0.5) is 0 Å². The molecule has 0 aliphatic carbocycles. The maximum absolute atomic E-state index is 12.9. The topological polar surface area (TPSA) is 63.2 Å². The number of ether oxygens (including phenoxy) is 5. The zero-order valence-electron chi connectivity index (χ0n) is 20.8. The fourth-order valence-corrected chi connectivity index (χ4v) is 4.50. The summed E-state index contributed by atoms with van der Waals surface area (Å²) in [7, 11) is 1.65. The van der Waals surface area contributed by atoms with Gasteiger partial charge in [0.15, 0.2) is 5.79 Å². The number of carbonyl (C=O) groups excluding carboxylic acids is 1. The number of methoxy groups -OCH3 is 1. The zero-order valence-corrected chi connectivity index (χ0v) is 23.0. The number of hydrogen-bond acceptors (Lipinski definition) is 6. The van der Waals surface area contributed by atoms with E-state index in [-0.39, 0.29) is 24.3 Å². The molecule has 2 aromatic carbocycles. The average Bonchev–Trinajstić information content (AvgIpc) is 3.17. The summed E-state index contributed by atoms with van der Waals surface area (Å²) >= 11 is 2.33. The van der Waals surface area contributed by atoms with E-state index >= 15 is 0 Å². The molecule has 1 aliphatic heterocycles. The first kappa shape index (κ1) is 27.6. The van der Waals surface area contributed by atoms with E-state index < -0.39 is 11.9 Å². The van der Waals surface area contributed by atoms with Crippen molar-refractivity contribution in [2.24, 2.45) is 0 Å². The van der Waals surface area contributed by atoms with Gasteiger partial charge in [0.25, 0.3) is 0 Å². The Bertz CT molecular complexity index is 944. The fourth-order valence-electron chi connectivity index (χ4n) is 3.89. The fraction of sp³-hybridized carbons (Fsp3) is 0.464. The van der Waals surface area contributed by atoms with Crippen molar-refractivity contribution >= 4 is 28.6 Å². The lowest BCUT2D eigenvalue weighted by Gasteiger charge is -2.24. The van der Waals surface area contributed by atoms with Gasteiger partial charge in [-0.1, -0.05) is 59.0 Å². The van der Waals surface area contributed by atoms with Gasteiger partial charge >= 0.3 is 5.97 Å². The molecule has 0 N–H and O–H groups in total. The van der Waals surface area contributed by atoms with E-state index in [2.05, 4.69) is 22.6 Å². The minimum atomic E-state index is -0.735. The van der Waals surface area contributed by atoms with E-state index in [0.717, 1.165) is 22.2 Å². The summed E-state index contributed by atoms with van der Waals surface area (Å²) in [5, 5.41) is 0. The number of halogens is 1. The molecule has 0 amide bonds. The van der Waals surface area contributed by atoms with Gasteiger partial charge in [-0.3, -0.25) is 0 Å². The molecule has 1 fully saturated rings. The molecule has 0 radical (unpaired) electrons. The number of hydrogen-bond donors (Lipinski definition) is 0. The van der Waals surface area contributed by atoms with Crippen LogP contribution in [-0.4, -0.2) is 47.7 Å². The lowest BCUT2D eigenvalue weighted by molar-refractivity contribution is -0.153. The molecule has 1 saturated heterocycles. The van der Waals surface area contributed by atoms with Crippen LogP contribution < -0.4 is 4.74 Å². The Morgan fingerprint density at radius 3 is 2.49 bits per heavy atom. The van der Waals surface area contributed by atoms with E-state index in [1.54, 1.807) is 19.2 Å². The van der Waals surface area contributed by atoms with Gasteiger partial charge in [-0.15, -0.1) is 0 Å². The van der Waals surface area contributed by atoms with Gasteiger partial charge in [-0.05, 0) is 69.5 Å². The van der Waals surface area contributed by atoms with Crippen LogP contribution in [0.1, 0.15) is 49.5 Å². The van der Waals surface area contributed by atoms with Crippen LogP contribution in [-0.2, 0) is 25.6 Å². The summed E-state index contributed by atoms with van der Waals surface area (Å²) in [6, 6.07) is 16.8. The zero-order chi connectivity index (χ0) is 25.3. The predicted molar refractivity (Wildman–Crippen MR) is 144 cm³/mol. The van der Waals surface area contributed by atoms with Gasteiger partial charge in [0.05, 0.1) is 31.5 Å². The molecule has 6 nitrogen and oxygen atoms in total. The lowest BCUT2D eigenvalue weighted by atomic mass is 10.0. The van der Waals surface area contributed by atoms with Gasteiger partial charge in [0.1, 0.15) is 18.0 Å². The number of benzene rings is 2. The summed E-state index contributed by atoms with van der Waals surface area (Å²) in [5.74, 6) is -0.296. The van der Waals surface area contributed by atoms with E-state index in [4.69, 9.17) is 23.7 Å². The van der Waals surface area contributed by atoms with Crippen LogP contribution in [0.2, 0.25) is 0 Å². The van der Waals surface area contributed by atoms with Crippen molar-refractivity contribution in [3.05, 3.63) is 77.9 Å². The monoisotopic (exact) mass is 594 g/mol. The predicted octanol–water partition coefficient (Wildman–Crippen LogP) is 6.12. The molecule has 3 rings (SSSR count). The number of alkyl halides is 1. The Labute approximate surface area is 222 Å². The molecular formula is C28H35IO6. The number of rotatable bonds is 12. The SMILES string of the molecule is COc1ccc(CO[C@H](C)C/C=C\C(OC(=O)c2ccccc2)[C@H]2OC(C)(C)O[C@H]2CCI)cc1. The molecule has 1 heterocycles. The van der Waals surface area contributed by atoms with Gasteiger partial charge in [0.2, 0.25) is 0 Å². The maximum atomic E-state index is 12.9. The highest BCUT2D eigenvalue weighted by molar-refractivity contribution is 14.1. The van der Waals surface area contributed by atoms with Crippen molar-refractivity contribution in [1.29, 1.82) is 0 Å². The molecule has 4 atom stereocenters. The van der Waals surface area contributed by atoms with Crippen molar-refractivity contribution in [2.45, 2.75) is 70.4 Å². The molecule has 0 spiro atoms. The second kappa shape index (κ2) is 13.4. The molecule has 0 bridgehead atoms. The summed E-state index contributed by atoms with van der Waals surface area (Å²) in [6.45, 7) is 6.32. The first-order chi connectivity index (χ1) is 16.8. The van der Waals surface area contributed by atoms with Crippen molar-refractivity contribution in [2.75, 3.05) is 11.5 Å². The maximum Gasteiger partial charge on any atom is 0.338 e. The third-order valence-electron chi connectivity index (χ3n) is 5.68. The Morgan fingerprint density at radius 2 is 1.83 bits per heavy atom. The quantitative estimate of drug-likeness (QED) is 0.128. The van der Waals surface area contributed by atoms with E-state index in [1.165, 1.54) is 0 Å². The third kappa shape index (κ3) is 8.59. The summed E-state index contributed by atoms with van der Waals surface area (Å²) in [5.41, 5.74) is 1.59. The summed E-state index contributed by atoms with van der Waals surface area (Å²) in [6.07, 6.45) is 4.24. The minimum absolute atomic E-state index is 0.0128. The smallest absolute Gasteiger partial charge is 0.338 e. The number of carbonyl (C=O) groups is 1. The van der Waals surface area contributed by atoms with Gasteiger partial charge in [0, 0.05) is 4.43 Å². The standard InChI is InChI=1S/C28H35IO6/c1-20(32-19-21-13-15-23(31-4)16-14-21)9-8-12-24(33-27(30)22-10-6-5-7-11-22)26-25(17-18-29)34-28(2,3)35-26/h5-8,10-16,20,24-26H,9,17-19H2,1-4H3/b12-8-/t20-,24?,25+,26-/m1/s1.